The van der Waals surface area contributed by atoms with Gasteiger partial charge in [-0.1, -0.05) is 24.3 Å². The average molecular weight is 147 g/mol. The molecule has 0 atom stereocenters. The number of hydrogen-bond donors (Lipinski definition) is 0. The van der Waals surface area contributed by atoms with E-state index in [0.717, 1.165) is 19.4 Å². The van der Waals surface area contributed by atoms with Crippen LogP contribution in [0.4, 0.5) is 0 Å². The second kappa shape index (κ2) is 3.05. The lowest BCUT2D eigenvalue weighted by Gasteiger charge is -2.01. The van der Waals surface area contributed by atoms with Crippen molar-refractivity contribution in [1.82, 2.24) is 0 Å². The fourth-order valence-electron chi connectivity index (χ4n) is 1.37. The summed E-state index contributed by atoms with van der Waals surface area (Å²) in [6.07, 6.45) is 2.28. The van der Waals surface area contributed by atoms with Crippen LogP contribution in [0.1, 0.15) is 17.5 Å². The Balaban J connectivity index is 2.33. The van der Waals surface area contributed by atoms with Crippen LogP contribution in [0.25, 0.3) is 0 Å². The molecule has 1 aromatic rings. The summed E-state index contributed by atoms with van der Waals surface area (Å²) in [7, 11) is 0. The van der Waals surface area contributed by atoms with E-state index in [2.05, 4.69) is 18.2 Å². The summed E-state index contributed by atoms with van der Waals surface area (Å²) in [6.45, 7) is 2.72. The van der Waals surface area contributed by atoms with Gasteiger partial charge in [0.1, 0.15) is 6.61 Å². The third-order valence-corrected chi connectivity index (χ3v) is 1.97. The van der Waals surface area contributed by atoms with E-state index >= 15 is 0 Å². The summed E-state index contributed by atoms with van der Waals surface area (Å²) < 4.78 is 5.30. The molecule has 1 radical (unpaired) electrons. The Labute approximate surface area is 67.0 Å². The molecule has 2 rings (SSSR count). The largest absolute Gasteiger partial charge is 0.370 e. The minimum Gasteiger partial charge on any atom is -0.370 e. The highest BCUT2D eigenvalue weighted by atomic mass is 16.5. The van der Waals surface area contributed by atoms with Crippen molar-refractivity contribution in [2.75, 3.05) is 6.61 Å². The van der Waals surface area contributed by atoms with Gasteiger partial charge in [-0.15, -0.1) is 0 Å². The molecule has 1 heterocycles. The lowest BCUT2D eigenvalue weighted by molar-refractivity contribution is 0.215. The lowest BCUT2D eigenvalue weighted by atomic mass is 10.1. The fraction of sp³-hybridized carbons (Fsp3) is 0.300. The highest BCUT2D eigenvalue weighted by molar-refractivity contribution is 5.31. The maximum atomic E-state index is 5.30. The second-order valence-corrected chi connectivity index (χ2v) is 2.79. The molecule has 11 heavy (non-hydrogen) atoms. The van der Waals surface area contributed by atoms with Gasteiger partial charge in [-0.25, -0.2) is 0 Å². The molecular weight excluding hydrogens is 136 g/mol. The molecule has 0 saturated heterocycles. The van der Waals surface area contributed by atoms with Gasteiger partial charge in [0.2, 0.25) is 0 Å². The number of aryl methyl sites for hydroxylation is 1. The Morgan fingerprint density at radius 1 is 1.18 bits per heavy atom. The monoisotopic (exact) mass is 147 g/mol. The Morgan fingerprint density at radius 3 is 3.09 bits per heavy atom. The molecule has 1 aliphatic heterocycles. The molecule has 0 saturated carbocycles. The summed E-state index contributed by atoms with van der Waals surface area (Å²) >= 11 is 0. The molecule has 1 heteroatoms. The SMILES string of the molecule is [CH]1OCCCc2ccccc21. The molecule has 0 unspecified atom stereocenters. The van der Waals surface area contributed by atoms with Crippen LogP contribution in [0.2, 0.25) is 0 Å². The van der Waals surface area contributed by atoms with E-state index < -0.39 is 0 Å². The van der Waals surface area contributed by atoms with E-state index in [9.17, 15) is 0 Å². The highest BCUT2D eigenvalue weighted by Gasteiger charge is 2.05. The second-order valence-electron chi connectivity index (χ2n) is 2.79. The predicted molar refractivity (Wildman–Crippen MR) is 44.1 cm³/mol. The van der Waals surface area contributed by atoms with Crippen LogP contribution >= 0.6 is 0 Å². The molecule has 1 aromatic carbocycles. The first kappa shape index (κ1) is 6.86. The summed E-state index contributed by atoms with van der Waals surface area (Å²) in [6, 6.07) is 8.39. The zero-order valence-electron chi connectivity index (χ0n) is 6.42. The standard InChI is InChI=1S/C10H11O/c1-2-5-10-8-11-7-3-6-9(10)4-1/h1-2,4-5,8H,3,6-7H2. The number of hydrogen-bond acceptors (Lipinski definition) is 1. The van der Waals surface area contributed by atoms with Gasteiger partial charge in [0.25, 0.3) is 0 Å². The van der Waals surface area contributed by atoms with Crippen LogP contribution in [0.3, 0.4) is 0 Å². The Hall–Kier alpha value is -0.820. The fourth-order valence-corrected chi connectivity index (χ4v) is 1.37. The van der Waals surface area contributed by atoms with E-state index in [1.807, 2.05) is 12.7 Å². The maximum Gasteiger partial charge on any atom is 0.113 e. The molecule has 0 amide bonds. The first-order valence-corrected chi connectivity index (χ1v) is 3.99. The van der Waals surface area contributed by atoms with Crippen molar-refractivity contribution in [2.24, 2.45) is 0 Å². The summed E-state index contributed by atoms with van der Waals surface area (Å²) in [4.78, 5) is 0. The van der Waals surface area contributed by atoms with E-state index in [4.69, 9.17) is 4.74 Å². The van der Waals surface area contributed by atoms with Gasteiger partial charge in [0.15, 0.2) is 0 Å². The number of ether oxygens (including phenoxy) is 1. The molecule has 0 N–H and O–H groups in total. The lowest BCUT2D eigenvalue weighted by Crippen LogP contribution is -1.87. The van der Waals surface area contributed by atoms with Crippen LogP contribution in [0.15, 0.2) is 24.3 Å². The Kier molecular flexibility index (Phi) is 1.91. The van der Waals surface area contributed by atoms with Crippen molar-refractivity contribution in [3.63, 3.8) is 0 Å². The minimum absolute atomic E-state index is 0.856. The van der Waals surface area contributed by atoms with Gasteiger partial charge in [0.05, 0.1) is 0 Å². The summed E-state index contributed by atoms with van der Waals surface area (Å²) in [5.41, 5.74) is 2.65. The smallest absolute Gasteiger partial charge is 0.113 e. The Morgan fingerprint density at radius 2 is 2.09 bits per heavy atom. The molecule has 0 bridgehead atoms. The number of rotatable bonds is 0. The van der Waals surface area contributed by atoms with Crippen molar-refractivity contribution >= 4 is 0 Å². The first-order valence-electron chi connectivity index (χ1n) is 3.99. The zero-order valence-corrected chi connectivity index (χ0v) is 6.42. The molecule has 1 nitrogen and oxygen atoms in total. The third kappa shape index (κ3) is 1.43. The molecule has 0 spiro atoms. The van der Waals surface area contributed by atoms with Crippen LogP contribution < -0.4 is 0 Å². The van der Waals surface area contributed by atoms with Crippen LogP contribution in [0.5, 0.6) is 0 Å². The van der Waals surface area contributed by atoms with E-state index in [0.29, 0.717) is 0 Å². The molecule has 1 aliphatic rings. The molecular formula is C10H11O. The zero-order chi connectivity index (χ0) is 7.52. The van der Waals surface area contributed by atoms with Gasteiger partial charge < -0.3 is 4.74 Å². The van der Waals surface area contributed by atoms with Crippen LogP contribution in [0, 0.1) is 6.61 Å². The van der Waals surface area contributed by atoms with Gasteiger partial charge >= 0.3 is 0 Å². The van der Waals surface area contributed by atoms with Crippen molar-refractivity contribution in [3.8, 4) is 0 Å². The third-order valence-electron chi connectivity index (χ3n) is 1.97. The minimum atomic E-state index is 0.856. The molecule has 0 aromatic heterocycles. The van der Waals surface area contributed by atoms with Crippen molar-refractivity contribution in [1.29, 1.82) is 0 Å². The summed E-state index contributed by atoms with van der Waals surface area (Å²) in [5.74, 6) is 0. The van der Waals surface area contributed by atoms with Crippen LogP contribution in [-0.2, 0) is 11.2 Å². The van der Waals surface area contributed by atoms with Gasteiger partial charge in [-0.05, 0) is 24.0 Å². The average Bonchev–Trinajstić information content (AvgIpc) is 2.28. The molecule has 0 fully saturated rings. The molecule has 0 aliphatic carbocycles. The predicted octanol–water partition coefficient (Wildman–Crippen LogP) is 2.16. The highest BCUT2D eigenvalue weighted by Crippen LogP contribution is 2.16. The van der Waals surface area contributed by atoms with Crippen molar-refractivity contribution < 1.29 is 4.74 Å². The van der Waals surface area contributed by atoms with E-state index in [1.165, 1.54) is 11.1 Å². The maximum absolute atomic E-state index is 5.30. The normalized spacial score (nSPS) is 17.1. The summed E-state index contributed by atoms with van der Waals surface area (Å²) in [5, 5.41) is 0. The van der Waals surface area contributed by atoms with Crippen molar-refractivity contribution in [2.45, 2.75) is 12.8 Å². The van der Waals surface area contributed by atoms with Gasteiger partial charge in [0, 0.05) is 6.61 Å². The number of benzene rings is 1. The van der Waals surface area contributed by atoms with Gasteiger partial charge in [-0.2, -0.15) is 0 Å². The molecule has 57 valence electrons. The van der Waals surface area contributed by atoms with E-state index in [-0.39, 0.29) is 0 Å². The van der Waals surface area contributed by atoms with E-state index in [1.54, 1.807) is 0 Å². The topological polar surface area (TPSA) is 9.23 Å². The quantitative estimate of drug-likeness (QED) is 0.546. The first-order chi connectivity index (χ1) is 5.47. The number of fused-ring (bicyclic) bond motifs is 1. The van der Waals surface area contributed by atoms with Gasteiger partial charge in [-0.3, -0.25) is 0 Å². The van der Waals surface area contributed by atoms with Crippen LogP contribution in [-0.4, -0.2) is 6.61 Å². The Bertz CT molecular complexity index is 217. The van der Waals surface area contributed by atoms with Crippen molar-refractivity contribution in [3.05, 3.63) is 42.0 Å².